The van der Waals surface area contributed by atoms with E-state index in [1.165, 1.54) is 11.0 Å². The number of carbonyl (C=O) groups excluding carboxylic acids is 2. The molecule has 0 saturated heterocycles. The topological polar surface area (TPSA) is 73.2 Å². The lowest BCUT2D eigenvalue weighted by molar-refractivity contribution is -0.125. The molecule has 2 rings (SSSR count). The summed E-state index contributed by atoms with van der Waals surface area (Å²) in [6.45, 7) is 6.07. The Hall–Kier alpha value is -3.39. The average molecular weight is 361 g/mol. The van der Waals surface area contributed by atoms with Crippen LogP contribution in [-0.4, -0.2) is 24.4 Å². The van der Waals surface area contributed by atoms with E-state index in [-0.39, 0.29) is 5.91 Å². The summed E-state index contributed by atoms with van der Waals surface area (Å²) in [5, 5.41) is 12.1. The zero-order chi connectivity index (χ0) is 19.6. The van der Waals surface area contributed by atoms with Crippen molar-refractivity contribution < 1.29 is 9.59 Å². The molecule has 5 heteroatoms. The van der Waals surface area contributed by atoms with Gasteiger partial charge in [0.2, 0.25) is 5.91 Å². The molecule has 0 aliphatic carbocycles. The van der Waals surface area contributed by atoms with E-state index in [1.54, 1.807) is 24.3 Å². The van der Waals surface area contributed by atoms with E-state index < -0.39 is 11.9 Å². The molecule has 0 saturated carbocycles. The fraction of sp³-hybridized carbons (Fsp3) is 0.227. The molecule has 1 unspecified atom stereocenters. The van der Waals surface area contributed by atoms with E-state index >= 15 is 0 Å². The maximum atomic E-state index is 12.9. The average Bonchev–Trinajstić information content (AvgIpc) is 2.72. The number of nitrogens with one attached hydrogen (secondary N) is 1. The molecule has 2 aromatic carbocycles. The zero-order valence-electron chi connectivity index (χ0n) is 15.4. The lowest BCUT2D eigenvalue weighted by Gasteiger charge is -2.30. The minimum Gasteiger partial charge on any atom is -0.354 e. The van der Waals surface area contributed by atoms with Crippen molar-refractivity contribution in [1.29, 1.82) is 5.26 Å². The second kappa shape index (κ2) is 9.93. The van der Waals surface area contributed by atoms with E-state index in [9.17, 15) is 14.9 Å². The van der Waals surface area contributed by atoms with Crippen molar-refractivity contribution in [3.63, 3.8) is 0 Å². The van der Waals surface area contributed by atoms with Crippen LogP contribution in [0.15, 0.2) is 67.3 Å². The highest BCUT2D eigenvalue weighted by atomic mass is 16.2. The van der Waals surface area contributed by atoms with Crippen molar-refractivity contribution in [2.24, 2.45) is 0 Å². The first kappa shape index (κ1) is 19.9. The van der Waals surface area contributed by atoms with Crippen molar-refractivity contribution in [3.05, 3.63) is 78.4 Å². The largest absolute Gasteiger partial charge is 0.354 e. The predicted molar refractivity (Wildman–Crippen MR) is 106 cm³/mol. The first-order chi connectivity index (χ1) is 13.1. The van der Waals surface area contributed by atoms with E-state index in [1.807, 2.05) is 37.3 Å². The Kier molecular flexibility index (Phi) is 7.33. The first-order valence-electron chi connectivity index (χ1n) is 8.88. The molecule has 0 aliphatic heterocycles. The van der Waals surface area contributed by atoms with E-state index in [0.717, 1.165) is 12.0 Å². The second-order valence-corrected chi connectivity index (χ2v) is 6.07. The lowest BCUT2D eigenvalue weighted by atomic mass is 10.0. The summed E-state index contributed by atoms with van der Waals surface area (Å²) in [6.07, 6.45) is 2.33. The minimum atomic E-state index is -0.751. The maximum Gasteiger partial charge on any atom is 0.251 e. The normalized spacial score (nSPS) is 11.1. The van der Waals surface area contributed by atoms with Crippen molar-refractivity contribution >= 4 is 17.5 Å². The number of anilines is 1. The first-order valence-corrected chi connectivity index (χ1v) is 8.88. The molecule has 1 N–H and O–H groups in total. The van der Waals surface area contributed by atoms with Gasteiger partial charge in [0.1, 0.15) is 6.04 Å². The number of hydrogen-bond acceptors (Lipinski definition) is 3. The molecule has 2 aromatic rings. The summed E-state index contributed by atoms with van der Waals surface area (Å²) in [7, 11) is 0. The van der Waals surface area contributed by atoms with Crippen LogP contribution in [-0.2, 0) is 16.0 Å². The van der Waals surface area contributed by atoms with Crippen LogP contribution in [0.1, 0.15) is 24.5 Å². The molecule has 2 amide bonds. The number of benzene rings is 2. The molecular weight excluding hydrogens is 338 g/mol. The van der Waals surface area contributed by atoms with Crippen LogP contribution in [0.25, 0.3) is 0 Å². The Bertz CT molecular complexity index is 840. The molecular formula is C22H23N3O2. The summed E-state index contributed by atoms with van der Waals surface area (Å²) in [5.74, 6) is -0.629. The van der Waals surface area contributed by atoms with Gasteiger partial charge in [-0.2, -0.15) is 5.26 Å². The number of amides is 2. The van der Waals surface area contributed by atoms with E-state index in [2.05, 4.69) is 18.0 Å². The van der Waals surface area contributed by atoms with Gasteiger partial charge in [-0.1, -0.05) is 49.9 Å². The Morgan fingerprint density at radius 2 is 1.96 bits per heavy atom. The molecule has 0 aromatic heterocycles. The second-order valence-electron chi connectivity index (χ2n) is 6.07. The molecule has 0 heterocycles. The Morgan fingerprint density at radius 3 is 2.59 bits per heavy atom. The van der Waals surface area contributed by atoms with E-state index in [4.69, 9.17) is 0 Å². The van der Waals surface area contributed by atoms with Crippen molar-refractivity contribution in [2.75, 3.05) is 11.4 Å². The Balaban J connectivity index is 2.47. The van der Waals surface area contributed by atoms with Gasteiger partial charge >= 0.3 is 0 Å². The molecule has 5 nitrogen and oxygen atoms in total. The van der Waals surface area contributed by atoms with Crippen LogP contribution < -0.4 is 10.2 Å². The Labute approximate surface area is 159 Å². The van der Waals surface area contributed by atoms with Gasteiger partial charge in [0, 0.05) is 18.7 Å². The van der Waals surface area contributed by atoms with Gasteiger partial charge in [-0.25, -0.2) is 0 Å². The smallest absolute Gasteiger partial charge is 0.251 e. The standard InChI is InChI=1S/C22H23N3O2/c1-3-13-24-22(27)20(15-17-9-6-5-7-10-17)25(21(26)4-2)19-12-8-11-18(14-19)16-23/h4-12,14,20H,2-3,13,15H2,1H3,(H,24,27). The van der Waals surface area contributed by atoms with Gasteiger partial charge < -0.3 is 5.32 Å². The number of carbonyl (C=O) groups is 2. The predicted octanol–water partition coefficient (Wildman–Crippen LogP) is 3.21. The molecule has 0 spiro atoms. The van der Waals surface area contributed by atoms with Crippen LogP contribution in [0, 0.1) is 11.3 Å². The van der Waals surface area contributed by atoms with Crippen LogP contribution in [0.2, 0.25) is 0 Å². The zero-order valence-corrected chi connectivity index (χ0v) is 15.4. The molecule has 0 fully saturated rings. The van der Waals surface area contributed by atoms with Crippen LogP contribution in [0.3, 0.4) is 0 Å². The third-order valence-corrected chi connectivity index (χ3v) is 4.10. The highest BCUT2D eigenvalue weighted by molar-refractivity contribution is 6.06. The Morgan fingerprint density at radius 1 is 1.22 bits per heavy atom. The van der Waals surface area contributed by atoms with Crippen LogP contribution >= 0.6 is 0 Å². The quantitative estimate of drug-likeness (QED) is 0.734. The SMILES string of the molecule is C=CC(=O)N(c1cccc(C#N)c1)C(Cc1ccccc1)C(=O)NCCC. The fourth-order valence-corrected chi connectivity index (χ4v) is 2.79. The third-order valence-electron chi connectivity index (χ3n) is 4.10. The van der Waals surface area contributed by atoms with Crippen molar-refractivity contribution in [2.45, 2.75) is 25.8 Å². The maximum absolute atomic E-state index is 12.9. The molecule has 0 aliphatic rings. The van der Waals surface area contributed by atoms with Crippen molar-refractivity contribution in [3.8, 4) is 6.07 Å². The van der Waals surface area contributed by atoms with Crippen LogP contribution in [0.4, 0.5) is 5.69 Å². The van der Waals surface area contributed by atoms with Gasteiger partial charge in [-0.15, -0.1) is 0 Å². The number of nitriles is 1. The van der Waals surface area contributed by atoms with Gasteiger partial charge in [0.05, 0.1) is 11.6 Å². The fourth-order valence-electron chi connectivity index (χ4n) is 2.79. The van der Waals surface area contributed by atoms with E-state index in [0.29, 0.717) is 24.2 Å². The number of hydrogen-bond donors (Lipinski definition) is 1. The summed E-state index contributed by atoms with van der Waals surface area (Å²) in [5.41, 5.74) is 1.85. The summed E-state index contributed by atoms with van der Waals surface area (Å²) < 4.78 is 0. The van der Waals surface area contributed by atoms with Crippen molar-refractivity contribution in [1.82, 2.24) is 5.32 Å². The highest BCUT2D eigenvalue weighted by Gasteiger charge is 2.30. The van der Waals surface area contributed by atoms with Gasteiger partial charge in [-0.3, -0.25) is 14.5 Å². The summed E-state index contributed by atoms with van der Waals surface area (Å²) in [6, 6.07) is 17.5. The molecule has 138 valence electrons. The minimum absolute atomic E-state index is 0.238. The third kappa shape index (κ3) is 5.29. The molecule has 0 bridgehead atoms. The highest BCUT2D eigenvalue weighted by Crippen LogP contribution is 2.22. The number of rotatable bonds is 8. The molecule has 27 heavy (non-hydrogen) atoms. The van der Waals surface area contributed by atoms with Gasteiger partial charge in [0.15, 0.2) is 0 Å². The lowest BCUT2D eigenvalue weighted by Crippen LogP contribution is -2.51. The van der Waals surface area contributed by atoms with Gasteiger partial charge in [0.25, 0.3) is 5.91 Å². The summed E-state index contributed by atoms with van der Waals surface area (Å²) >= 11 is 0. The number of nitrogens with zero attached hydrogens (tertiary/aromatic N) is 2. The monoisotopic (exact) mass is 361 g/mol. The molecule has 0 radical (unpaired) electrons. The summed E-state index contributed by atoms with van der Waals surface area (Å²) in [4.78, 5) is 27.0. The molecule has 1 atom stereocenters. The van der Waals surface area contributed by atoms with Gasteiger partial charge in [-0.05, 0) is 36.3 Å². The van der Waals surface area contributed by atoms with Crippen LogP contribution in [0.5, 0.6) is 0 Å².